The lowest BCUT2D eigenvalue weighted by molar-refractivity contribution is 0.817. The Kier molecular flexibility index (Phi) is 7.60. The Morgan fingerprint density at radius 1 is 1.35 bits per heavy atom. The Bertz CT molecular complexity index is 484. The number of halogens is 1. The summed E-state index contributed by atoms with van der Waals surface area (Å²) in [7, 11) is 0. The van der Waals surface area contributed by atoms with Gasteiger partial charge in [0.2, 0.25) is 0 Å². The normalized spacial score (nSPS) is 11.4. The summed E-state index contributed by atoms with van der Waals surface area (Å²) < 4.78 is 0. The second kappa shape index (κ2) is 9.28. The first-order chi connectivity index (χ1) is 9.61. The molecule has 0 radical (unpaired) electrons. The molecule has 1 rings (SSSR count). The fourth-order valence-corrected chi connectivity index (χ4v) is 1.45. The van der Waals surface area contributed by atoms with Crippen LogP contribution in [0, 0.1) is 0 Å². The lowest BCUT2D eigenvalue weighted by Crippen LogP contribution is -2.32. The third-order valence-electron chi connectivity index (χ3n) is 2.16. The number of hydrogen-bond acceptors (Lipinski definition) is 4. The smallest absolute Gasteiger partial charge is 0.186 e. The number of hydrogen-bond donors (Lipinski definition) is 3. The van der Waals surface area contributed by atoms with Crippen LogP contribution in [0.2, 0.25) is 5.02 Å². The molecule has 0 heterocycles. The predicted molar refractivity (Wildman–Crippen MR) is 90.7 cm³/mol. The van der Waals surface area contributed by atoms with Crippen molar-refractivity contribution in [1.82, 2.24) is 10.7 Å². The van der Waals surface area contributed by atoms with E-state index in [9.17, 15) is 0 Å². The number of anilines is 1. The van der Waals surface area contributed by atoms with Gasteiger partial charge in [0.25, 0.3) is 0 Å². The highest BCUT2D eigenvalue weighted by atomic mass is 35.5. The standard InChI is InChI=1S/C13H18ClN5S/c1-3-8-15-13(20)19-16-9-10(2)17-18-12-6-4-11(14)5-7-12/h4-7,9,18H,3,8H2,1-2H3,(H2,15,19,20)/b16-9+,17-10-. The number of thiocarbonyl (C=S) groups is 1. The monoisotopic (exact) mass is 311 g/mol. The van der Waals surface area contributed by atoms with Crippen LogP contribution in [0.5, 0.6) is 0 Å². The van der Waals surface area contributed by atoms with Gasteiger partial charge in [0, 0.05) is 11.6 Å². The third kappa shape index (κ3) is 7.06. The molecule has 0 saturated carbocycles. The SMILES string of the molecule is CCCNC(=S)N/N=C/C(C)=N\Nc1ccc(Cl)cc1. The van der Waals surface area contributed by atoms with E-state index in [0.717, 1.165) is 18.7 Å². The minimum absolute atomic E-state index is 0.501. The summed E-state index contributed by atoms with van der Waals surface area (Å²) in [6, 6.07) is 7.28. The van der Waals surface area contributed by atoms with Crippen LogP contribution >= 0.6 is 23.8 Å². The molecule has 0 unspecified atom stereocenters. The van der Waals surface area contributed by atoms with Crippen molar-refractivity contribution in [1.29, 1.82) is 0 Å². The van der Waals surface area contributed by atoms with Crippen LogP contribution in [0.4, 0.5) is 5.69 Å². The maximum absolute atomic E-state index is 5.80. The van der Waals surface area contributed by atoms with Crippen LogP contribution < -0.4 is 16.2 Å². The Balaban J connectivity index is 2.37. The van der Waals surface area contributed by atoms with E-state index in [1.807, 2.05) is 19.1 Å². The van der Waals surface area contributed by atoms with Crippen LogP contribution in [-0.4, -0.2) is 23.6 Å². The van der Waals surface area contributed by atoms with Crippen LogP contribution in [-0.2, 0) is 0 Å². The molecule has 5 nitrogen and oxygen atoms in total. The molecule has 20 heavy (non-hydrogen) atoms. The van der Waals surface area contributed by atoms with Crippen molar-refractivity contribution in [3.63, 3.8) is 0 Å². The molecule has 108 valence electrons. The molecule has 0 amide bonds. The van der Waals surface area contributed by atoms with Gasteiger partial charge in [0.1, 0.15) is 0 Å². The van der Waals surface area contributed by atoms with E-state index in [1.54, 1.807) is 18.3 Å². The molecule has 0 fully saturated rings. The lowest BCUT2D eigenvalue weighted by atomic mass is 10.3. The van der Waals surface area contributed by atoms with E-state index in [4.69, 9.17) is 23.8 Å². The highest BCUT2D eigenvalue weighted by molar-refractivity contribution is 7.80. The second-order valence-electron chi connectivity index (χ2n) is 4.00. The Morgan fingerprint density at radius 3 is 2.70 bits per heavy atom. The molecule has 0 aliphatic heterocycles. The summed E-state index contributed by atoms with van der Waals surface area (Å²) in [5.74, 6) is 0. The number of rotatable bonds is 6. The predicted octanol–water partition coefficient (Wildman–Crippen LogP) is 2.99. The van der Waals surface area contributed by atoms with E-state index in [0.29, 0.717) is 15.8 Å². The molecule has 0 atom stereocenters. The molecule has 0 aliphatic carbocycles. The highest BCUT2D eigenvalue weighted by Gasteiger charge is 1.92. The van der Waals surface area contributed by atoms with Crippen molar-refractivity contribution in [2.45, 2.75) is 20.3 Å². The van der Waals surface area contributed by atoms with Gasteiger partial charge in [-0.15, -0.1) is 0 Å². The average molecular weight is 312 g/mol. The molecule has 0 bridgehead atoms. The maximum Gasteiger partial charge on any atom is 0.186 e. The van der Waals surface area contributed by atoms with E-state index in [2.05, 4.69) is 33.3 Å². The van der Waals surface area contributed by atoms with Gasteiger partial charge in [-0.3, -0.25) is 10.9 Å². The highest BCUT2D eigenvalue weighted by Crippen LogP contribution is 2.12. The Labute approximate surface area is 129 Å². The van der Waals surface area contributed by atoms with Crippen molar-refractivity contribution in [3.05, 3.63) is 29.3 Å². The molecular formula is C13H18ClN5S. The summed E-state index contributed by atoms with van der Waals surface area (Å²) in [4.78, 5) is 0. The summed E-state index contributed by atoms with van der Waals surface area (Å²) in [6.07, 6.45) is 2.60. The van der Waals surface area contributed by atoms with Crippen LogP contribution in [0.3, 0.4) is 0 Å². The van der Waals surface area contributed by atoms with Gasteiger partial charge in [-0.1, -0.05) is 18.5 Å². The average Bonchev–Trinajstić information content (AvgIpc) is 2.44. The Hall–Kier alpha value is -1.66. The molecule has 0 spiro atoms. The molecule has 1 aromatic carbocycles. The van der Waals surface area contributed by atoms with Gasteiger partial charge in [-0.2, -0.15) is 10.2 Å². The van der Waals surface area contributed by atoms with E-state index < -0.39 is 0 Å². The molecule has 1 aromatic rings. The summed E-state index contributed by atoms with van der Waals surface area (Å²) in [6.45, 7) is 4.72. The zero-order chi connectivity index (χ0) is 14.8. The van der Waals surface area contributed by atoms with Crippen molar-refractivity contribution in [2.24, 2.45) is 10.2 Å². The third-order valence-corrected chi connectivity index (χ3v) is 2.65. The topological polar surface area (TPSA) is 60.8 Å². The van der Waals surface area contributed by atoms with Gasteiger partial charge in [0.05, 0.1) is 17.6 Å². The van der Waals surface area contributed by atoms with Gasteiger partial charge >= 0.3 is 0 Å². The van der Waals surface area contributed by atoms with Crippen molar-refractivity contribution < 1.29 is 0 Å². The van der Waals surface area contributed by atoms with Crippen LogP contribution in [0.25, 0.3) is 0 Å². The molecule has 0 saturated heterocycles. The first kappa shape index (κ1) is 16.4. The van der Waals surface area contributed by atoms with Crippen molar-refractivity contribution in [2.75, 3.05) is 12.0 Å². The van der Waals surface area contributed by atoms with Gasteiger partial charge in [0.15, 0.2) is 5.11 Å². The number of hydrazone groups is 2. The molecule has 3 N–H and O–H groups in total. The van der Waals surface area contributed by atoms with E-state index >= 15 is 0 Å². The zero-order valence-electron chi connectivity index (χ0n) is 11.5. The summed E-state index contributed by atoms with van der Waals surface area (Å²) in [5, 5.41) is 12.3. The van der Waals surface area contributed by atoms with Gasteiger partial charge in [-0.05, 0) is 49.8 Å². The minimum atomic E-state index is 0.501. The quantitative estimate of drug-likeness (QED) is 0.429. The van der Waals surface area contributed by atoms with Crippen molar-refractivity contribution >= 4 is 46.5 Å². The molecule has 7 heteroatoms. The summed E-state index contributed by atoms with van der Waals surface area (Å²) in [5.41, 5.74) is 7.19. The van der Waals surface area contributed by atoms with Gasteiger partial charge < -0.3 is 5.32 Å². The fraction of sp³-hybridized carbons (Fsp3) is 0.308. The zero-order valence-corrected chi connectivity index (χ0v) is 13.1. The number of nitrogens with one attached hydrogen (secondary N) is 3. The molecule has 0 aliphatic rings. The fourth-order valence-electron chi connectivity index (χ4n) is 1.17. The summed E-state index contributed by atoms with van der Waals surface area (Å²) >= 11 is 10.8. The van der Waals surface area contributed by atoms with Crippen LogP contribution in [0.15, 0.2) is 34.5 Å². The molecular weight excluding hydrogens is 294 g/mol. The number of nitrogens with zero attached hydrogens (tertiary/aromatic N) is 2. The van der Waals surface area contributed by atoms with Crippen LogP contribution in [0.1, 0.15) is 20.3 Å². The first-order valence-electron chi connectivity index (χ1n) is 6.24. The van der Waals surface area contributed by atoms with Gasteiger partial charge in [-0.25, -0.2) is 0 Å². The van der Waals surface area contributed by atoms with E-state index in [-0.39, 0.29) is 0 Å². The lowest BCUT2D eigenvalue weighted by Gasteiger charge is -2.04. The Morgan fingerprint density at radius 2 is 2.05 bits per heavy atom. The minimum Gasteiger partial charge on any atom is -0.361 e. The first-order valence-corrected chi connectivity index (χ1v) is 7.03. The van der Waals surface area contributed by atoms with E-state index in [1.165, 1.54) is 0 Å². The maximum atomic E-state index is 5.80. The second-order valence-corrected chi connectivity index (χ2v) is 4.84. The van der Waals surface area contributed by atoms with Crippen molar-refractivity contribution in [3.8, 4) is 0 Å². The largest absolute Gasteiger partial charge is 0.361 e. The number of benzene rings is 1. The molecule has 0 aromatic heterocycles.